The number of rotatable bonds is 15. The first-order valence-corrected chi connectivity index (χ1v) is 9.85. The number of carboxylic acid groups (broad SMARTS) is 2. The molecule has 31 heavy (non-hydrogen) atoms. The van der Waals surface area contributed by atoms with Crippen LogP contribution in [0.1, 0.15) is 25.7 Å². The smallest absolute Gasteiger partial charge is 0.326 e. The number of nitrogens with one attached hydrogen (secondary N) is 3. The molecule has 0 heterocycles. The van der Waals surface area contributed by atoms with Crippen LogP contribution in [0.15, 0.2) is 4.99 Å². The van der Waals surface area contributed by atoms with E-state index >= 15 is 0 Å². The number of hydrogen-bond acceptors (Lipinski definition) is 8. The molecule has 0 fully saturated rings. The highest BCUT2D eigenvalue weighted by Gasteiger charge is 2.26. The summed E-state index contributed by atoms with van der Waals surface area (Å²) in [5.41, 5.74) is 15.9. The second kappa shape index (κ2) is 14.8. The van der Waals surface area contributed by atoms with Crippen molar-refractivity contribution in [3.63, 3.8) is 0 Å². The van der Waals surface area contributed by atoms with E-state index in [0.717, 1.165) is 0 Å². The number of amides is 3. The van der Waals surface area contributed by atoms with Gasteiger partial charge in [0.1, 0.15) is 12.1 Å². The van der Waals surface area contributed by atoms with Crippen LogP contribution in [0.25, 0.3) is 0 Å². The third-order valence-electron chi connectivity index (χ3n) is 3.82. The van der Waals surface area contributed by atoms with E-state index in [-0.39, 0.29) is 37.5 Å². The minimum absolute atomic E-state index is 0.0510. The van der Waals surface area contributed by atoms with Gasteiger partial charge >= 0.3 is 11.9 Å². The molecule has 0 bridgehead atoms. The average molecular weight is 464 g/mol. The first-order valence-electron chi connectivity index (χ1n) is 9.21. The molecule has 0 aliphatic carbocycles. The molecule has 0 spiro atoms. The van der Waals surface area contributed by atoms with Crippen LogP contribution in [0.4, 0.5) is 0 Å². The number of carboxylic acids is 2. The van der Waals surface area contributed by atoms with Crippen molar-refractivity contribution in [1.29, 1.82) is 0 Å². The summed E-state index contributed by atoms with van der Waals surface area (Å²) in [6.07, 6.45) is -0.0693. The zero-order valence-corrected chi connectivity index (χ0v) is 17.6. The number of nitrogens with two attached hydrogens (primary N) is 3. The minimum Gasteiger partial charge on any atom is -0.481 e. The van der Waals surface area contributed by atoms with Crippen LogP contribution >= 0.6 is 12.6 Å². The number of aliphatic carboxylic acids is 2. The minimum atomic E-state index is -1.27. The molecule has 3 atom stereocenters. The number of guanidine groups is 1. The Kier molecular flexibility index (Phi) is 13.4. The Morgan fingerprint density at radius 1 is 0.968 bits per heavy atom. The summed E-state index contributed by atoms with van der Waals surface area (Å²) < 4.78 is 0. The number of carbonyl (C=O) groups is 5. The molecule has 176 valence electrons. The Balaban J connectivity index is 4.60. The highest BCUT2D eigenvalue weighted by molar-refractivity contribution is 7.80. The van der Waals surface area contributed by atoms with Crippen molar-refractivity contribution in [3.8, 4) is 0 Å². The predicted octanol–water partition coefficient (Wildman–Crippen LogP) is -3.67. The van der Waals surface area contributed by atoms with Crippen LogP contribution in [-0.4, -0.2) is 82.8 Å². The summed E-state index contributed by atoms with van der Waals surface area (Å²) in [4.78, 5) is 61.5. The molecule has 0 saturated carbocycles. The maximum Gasteiger partial charge on any atom is 0.326 e. The van der Waals surface area contributed by atoms with E-state index in [1.165, 1.54) is 0 Å². The topological polar surface area (TPSA) is 252 Å². The van der Waals surface area contributed by atoms with Gasteiger partial charge in [-0.25, -0.2) is 4.79 Å². The molecule has 0 aromatic heterocycles. The van der Waals surface area contributed by atoms with Crippen LogP contribution in [0.2, 0.25) is 0 Å². The van der Waals surface area contributed by atoms with Crippen LogP contribution in [0, 0.1) is 0 Å². The van der Waals surface area contributed by atoms with Crippen molar-refractivity contribution in [2.75, 3.05) is 18.8 Å². The third-order valence-corrected chi connectivity index (χ3v) is 4.19. The van der Waals surface area contributed by atoms with Crippen molar-refractivity contribution < 1.29 is 34.2 Å². The second-order valence-electron chi connectivity index (χ2n) is 6.41. The van der Waals surface area contributed by atoms with Gasteiger partial charge in [0.15, 0.2) is 5.96 Å². The largest absolute Gasteiger partial charge is 0.481 e. The molecule has 0 aliphatic rings. The number of carbonyl (C=O) groups excluding carboxylic acids is 3. The highest BCUT2D eigenvalue weighted by atomic mass is 32.1. The molecule has 0 radical (unpaired) electrons. The van der Waals surface area contributed by atoms with Crippen molar-refractivity contribution in [2.45, 2.75) is 43.8 Å². The molecule has 0 aromatic rings. The number of nitrogens with zero attached hydrogens (tertiary/aromatic N) is 1. The van der Waals surface area contributed by atoms with Gasteiger partial charge in [0.2, 0.25) is 17.7 Å². The fourth-order valence-corrected chi connectivity index (χ4v) is 2.44. The Morgan fingerprint density at radius 3 is 2.13 bits per heavy atom. The summed E-state index contributed by atoms with van der Waals surface area (Å²) in [5.74, 6) is -4.90. The fraction of sp³-hybridized carbons (Fsp3) is 0.625. The van der Waals surface area contributed by atoms with Gasteiger partial charge in [-0.3, -0.25) is 24.2 Å². The van der Waals surface area contributed by atoms with E-state index < -0.39 is 54.3 Å². The lowest BCUT2D eigenvalue weighted by atomic mass is 10.1. The lowest BCUT2D eigenvalue weighted by Crippen LogP contribution is -2.54. The lowest BCUT2D eigenvalue weighted by molar-refractivity contribution is -0.142. The fourth-order valence-electron chi connectivity index (χ4n) is 2.18. The Morgan fingerprint density at radius 2 is 1.61 bits per heavy atom. The van der Waals surface area contributed by atoms with Crippen LogP contribution in [0.5, 0.6) is 0 Å². The number of aliphatic imine (C=N–C) groups is 1. The van der Waals surface area contributed by atoms with Crippen LogP contribution in [-0.2, 0) is 24.0 Å². The Labute approximate surface area is 183 Å². The van der Waals surface area contributed by atoms with Gasteiger partial charge in [-0.1, -0.05) is 0 Å². The molecule has 0 saturated heterocycles. The molecule has 15 heteroatoms. The van der Waals surface area contributed by atoms with Crippen molar-refractivity contribution in [1.82, 2.24) is 16.0 Å². The van der Waals surface area contributed by atoms with Crippen LogP contribution in [0.3, 0.4) is 0 Å². The molecule has 0 aliphatic heterocycles. The summed E-state index contributed by atoms with van der Waals surface area (Å²) in [5, 5.41) is 24.6. The molecular weight excluding hydrogens is 434 g/mol. The molecule has 0 rings (SSSR count). The SMILES string of the molecule is NC(N)=NCCCC(NC(=O)C(CS)NC(=O)CNC(=O)C(N)CCC(=O)O)C(=O)O. The summed E-state index contributed by atoms with van der Waals surface area (Å²) in [6.45, 7) is -0.332. The maximum absolute atomic E-state index is 12.3. The molecule has 11 N–H and O–H groups in total. The van der Waals surface area contributed by atoms with E-state index in [4.69, 9.17) is 22.3 Å². The van der Waals surface area contributed by atoms with Crippen molar-refractivity contribution >= 4 is 48.2 Å². The van der Waals surface area contributed by atoms with Gasteiger partial charge in [-0.2, -0.15) is 12.6 Å². The van der Waals surface area contributed by atoms with Gasteiger partial charge in [0.25, 0.3) is 0 Å². The maximum atomic E-state index is 12.3. The Hall–Kier alpha value is -3.07. The van der Waals surface area contributed by atoms with Gasteiger partial charge in [0.05, 0.1) is 12.6 Å². The predicted molar refractivity (Wildman–Crippen MR) is 113 cm³/mol. The zero-order chi connectivity index (χ0) is 24.0. The normalized spacial score (nSPS) is 13.2. The second-order valence-corrected chi connectivity index (χ2v) is 6.77. The van der Waals surface area contributed by atoms with Gasteiger partial charge in [-0.05, 0) is 19.3 Å². The zero-order valence-electron chi connectivity index (χ0n) is 16.7. The summed E-state index contributed by atoms with van der Waals surface area (Å²) >= 11 is 3.97. The van der Waals surface area contributed by atoms with Crippen LogP contribution < -0.4 is 33.2 Å². The number of hydrogen-bond donors (Lipinski definition) is 9. The lowest BCUT2D eigenvalue weighted by Gasteiger charge is -2.20. The summed E-state index contributed by atoms with van der Waals surface area (Å²) in [7, 11) is 0. The molecule has 14 nitrogen and oxygen atoms in total. The molecule has 3 unspecified atom stereocenters. The first-order chi connectivity index (χ1) is 14.5. The molecule has 3 amide bonds. The monoisotopic (exact) mass is 463 g/mol. The third kappa shape index (κ3) is 13.0. The van der Waals surface area contributed by atoms with Gasteiger partial charge < -0.3 is 43.4 Å². The average Bonchev–Trinajstić information content (AvgIpc) is 2.69. The quantitative estimate of drug-likeness (QED) is 0.0497. The highest BCUT2D eigenvalue weighted by Crippen LogP contribution is 2.00. The van der Waals surface area contributed by atoms with E-state index in [9.17, 15) is 29.1 Å². The van der Waals surface area contributed by atoms with Crippen molar-refractivity contribution in [2.24, 2.45) is 22.2 Å². The summed E-state index contributed by atoms with van der Waals surface area (Å²) in [6, 6.07) is -3.50. The van der Waals surface area contributed by atoms with Gasteiger partial charge in [-0.15, -0.1) is 0 Å². The van der Waals surface area contributed by atoms with E-state index in [1.807, 2.05) is 0 Å². The van der Waals surface area contributed by atoms with Gasteiger partial charge in [0, 0.05) is 18.7 Å². The standard InChI is InChI=1S/C16H29N7O7S/c17-8(3-4-12(25)26)13(27)21-6-11(24)22-10(7-31)14(28)23-9(15(29)30)2-1-5-20-16(18)19/h8-10,31H,1-7,17H2,(H,21,27)(H,22,24)(H,23,28)(H,25,26)(H,29,30)(H4,18,19,20). The van der Waals surface area contributed by atoms with E-state index in [0.29, 0.717) is 6.42 Å². The molecule has 0 aromatic carbocycles. The first kappa shape index (κ1) is 27.9. The Bertz CT molecular complexity index is 685. The van der Waals surface area contributed by atoms with E-state index in [1.54, 1.807) is 0 Å². The number of thiol groups is 1. The van der Waals surface area contributed by atoms with E-state index in [2.05, 4.69) is 33.6 Å². The van der Waals surface area contributed by atoms with Crippen molar-refractivity contribution in [3.05, 3.63) is 0 Å². The molecular formula is C16H29N7O7S.